The molecule has 1 aliphatic heterocycles. The summed E-state index contributed by atoms with van der Waals surface area (Å²) in [7, 11) is 1.80. The maximum atomic E-state index is 12.6. The Kier molecular flexibility index (Phi) is 11.7. The van der Waals surface area contributed by atoms with Gasteiger partial charge in [0.15, 0.2) is 0 Å². The number of piperazine rings is 1. The first kappa shape index (κ1) is 31.6. The van der Waals surface area contributed by atoms with Gasteiger partial charge in [0, 0.05) is 56.9 Å². The third-order valence-corrected chi connectivity index (χ3v) is 5.28. The number of aliphatic carboxylic acids is 2. The largest absolute Gasteiger partial charge is 0.490 e. The molecule has 2 aromatic heterocycles. The van der Waals surface area contributed by atoms with Crippen LogP contribution in [0.4, 0.5) is 32.2 Å². The number of carbonyl (C=O) groups is 3. The molecule has 10 nitrogen and oxygen atoms in total. The molecule has 0 bridgehead atoms. The number of pyridine rings is 1. The van der Waals surface area contributed by atoms with Gasteiger partial charge in [-0.2, -0.15) is 26.3 Å². The highest BCUT2D eigenvalue weighted by Crippen LogP contribution is 2.15. The van der Waals surface area contributed by atoms with Crippen LogP contribution in [-0.2, 0) is 16.1 Å². The monoisotopic (exact) mass is 559 g/mol. The summed E-state index contributed by atoms with van der Waals surface area (Å²) in [6.07, 6.45) is -8.50. The predicted molar refractivity (Wildman–Crippen MR) is 119 cm³/mol. The lowest BCUT2D eigenvalue weighted by atomic mass is 10.2. The molecule has 1 amide bonds. The normalized spacial score (nSPS) is 14.0. The average molecular weight is 559 g/mol. The summed E-state index contributed by atoms with van der Waals surface area (Å²) in [5.41, 5.74) is 1.81. The van der Waals surface area contributed by atoms with Crippen LogP contribution in [0.2, 0.25) is 0 Å². The van der Waals surface area contributed by atoms with E-state index in [9.17, 15) is 31.1 Å². The standard InChI is InChI=1S/C16H21N5OS.2C2HF3O2/c1-12-19-14(11-23-12)10-20-5-7-21(8-6-20)16(22)13-3-4-18-15(9-13)17-2;2*3-2(4,5)1(6)7/h3-4,9,11H,5-8,10H2,1-2H3,(H,17,18);2*(H,6,7). The highest BCUT2D eigenvalue weighted by molar-refractivity contribution is 7.09. The molecule has 17 heteroatoms. The van der Waals surface area contributed by atoms with Crippen molar-refractivity contribution in [2.24, 2.45) is 0 Å². The molecule has 0 atom stereocenters. The van der Waals surface area contributed by atoms with Gasteiger partial charge in [-0.1, -0.05) is 0 Å². The van der Waals surface area contributed by atoms with E-state index in [1.54, 1.807) is 36.7 Å². The fourth-order valence-electron chi connectivity index (χ4n) is 2.70. The molecule has 0 radical (unpaired) electrons. The Hall–Kier alpha value is -3.47. The Labute approximate surface area is 210 Å². The number of nitrogens with zero attached hydrogens (tertiary/aromatic N) is 4. The lowest BCUT2D eigenvalue weighted by Crippen LogP contribution is -2.48. The minimum absolute atomic E-state index is 0.0769. The maximum absolute atomic E-state index is 12.6. The van der Waals surface area contributed by atoms with Gasteiger partial charge in [-0.25, -0.2) is 19.6 Å². The third-order valence-electron chi connectivity index (χ3n) is 4.46. The van der Waals surface area contributed by atoms with Crippen molar-refractivity contribution in [1.82, 2.24) is 19.8 Å². The van der Waals surface area contributed by atoms with Gasteiger partial charge in [-0.05, 0) is 19.1 Å². The van der Waals surface area contributed by atoms with E-state index in [2.05, 4.69) is 25.6 Å². The van der Waals surface area contributed by atoms with Crippen LogP contribution >= 0.6 is 11.3 Å². The first-order chi connectivity index (χ1) is 17.0. The number of anilines is 1. The first-order valence-corrected chi connectivity index (χ1v) is 11.1. The van der Waals surface area contributed by atoms with Crippen LogP contribution in [0.15, 0.2) is 23.7 Å². The number of hydrogen-bond donors (Lipinski definition) is 3. The number of aryl methyl sites for hydroxylation is 1. The zero-order valence-corrected chi connectivity index (χ0v) is 20.2. The van der Waals surface area contributed by atoms with Crippen molar-refractivity contribution >= 4 is 35.0 Å². The lowest BCUT2D eigenvalue weighted by Gasteiger charge is -2.34. The molecule has 1 saturated heterocycles. The fraction of sp³-hybridized carbons (Fsp3) is 0.450. The summed E-state index contributed by atoms with van der Waals surface area (Å²) in [5, 5.41) is 20.4. The number of nitrogens with one attached hydrogen (secondary N) is 1. The van der Waals surface area contributed by atoms with E-state index < -0.39 is 24.3 Å². The Morgan fingerprint density at radius 3 is 1.95 bits per heavy atom. The van der Waals surface area contributed by atoms with Crippen LogP contribution in [0.5, 0.6) is 0 Å². The molecule has 0 saturated carbocycles. The molecular formula is C20H23F6N5O5S. The van der Waals surface area contributed by atoms with Gasteiger partial charge < -0.3 is 20.4 Å². The molecule has 206 valence electrons. The third kappa shape index (κ3) is 11.4. The zero-order chi connectivity index (χ0) is 28.4. The molecule has 3 heterocycles. The number of halogens is 6. The molecule has 37 heavy (non-hydrogen) atoms. The zero-order valence-electron chi connectivity index (χ0n) is 19.4. The molecule has 0 aliphatic carbocycles. The second-order valence-electron chi connectivity index (χ2n) is 7.21. The van der Waals surface area contributed by atoms with Gasteiger partial charge in [-0.15, -0.1) is 11.3 Å². The first-order valence-electron chi connectivity index (χ1n) is 10.2. The minimum atomic E-state index is -5.08. The number of carboxylic acid groups (broad SMARTS) is 2. The van der Waals surface area contributed by atoms with Gasteiger partial charge in [0.25, 0.3) is 5.91 Å². The van der Waals surface area contributed by atoms with E-state index in [1.807, 2.05) is 11.8 Å². The number of amides is 1. The number of hydrogen-bond acceptors (Lipinski definition) is 8. The van der Waals surface area contributed by atoms with Gasteiger partial charge in [-0.3, -0.25) is 9.69 Å². The van der Waals surface area contributed by atoms with Gasteiger partial charge >= 0.3 is 24.3 Å². The molecule has 0 spiro atoms. The smallest absolute Gasteiger partial charge is 0.475 e. The topological polar surface area (TPSA) is 136 Å². The van der Waals surface area contributed by atoms with Crippen molar-refractivity contribution in [3.8, 4) is 0 Å². The maximum Gasteiger partial charge on any atom is 0.490 e. The second-order valence-corrected chi connectivity index (χ2v) is 8.27. The highest BCUT2D eigenvalue weighted by atomic mass is 32.1. The summed E-state index contributed by atoms with van der Waals surface area (Å²) in [6, 6.07) is 3.57. The van der Waals surface area contributed by atoms with Gasteiger partial charge in [0.1, 0.15) is 5.82 Å². The molecule has 3 N–H and O–H groups in total. The van der Waals surface area contributed by atoms with E-state index >= 15 is 0 Å². The molecule has 1 fully saturated rings. The molecular weight excluding hydrogens is 536 g/mol. The van der Waals surface area contributed by atoms with E-state index in [0.717, 1.165) is 43.4 Å². The Balaban J connectivity index is 0.000000404. The number of alkyl halides is 6. The average Bonchev–Trinajstić information content (AvgIpc) is 3.23. The number of thiazole rings is 1. The summed E-state index contributed by atoms with van der Waals surface area (Å²) in [4.78, 5) is 43.3. The Morgan fingerprint density at radius 1 is 1.03 bits per heavy atom. The van der Waals surface area contributed by atoms with Crippen LogP contribution in [0, 0.1) is 6.92 Å². The Bertz CT molecular complexity index is 1030. The summed E-state index contributed by atoms with van der Waals surface area (Å²) in [6.45, 7) is 6.15. The molecule has 3 rings (SSSR count). The van der Waals surface area contributed by atoms with E-state index in [4.69, 9.17) is 19.8 Å². The van der Waals surface area contributed by atoms with Crippen molar-refractivity contribution in [2.75, 3.05) is 38.5 Å². The second kappa shape index (κ2) is 13.7. The summed E-state index contributed by atoms with van der Waals surface area (Å²) in [5.74, 6) is -4.72. The van der Waals surface area contributed by atoms with Crippen molar-refractivity contribution < 1.29 is 50.9 Å². The van der Waals surface area contributed by atoms with E-state index in [0.29, 0.717) is 11.4 Å². The molecule has 1 aliphatic rings. The van der Waals surface area contributed by atoms with Crippen molar-refractivity contribution in [2.45, 2.75) is 25.8 Å². The minimum Gasteiger partial charge on any atom is -0.475 e. The van der Waals surface area contributed by atoms with Crippen LogP contribution < -0.4 is 5.32 Å². The van der Waals surface area contributed by atoms with Crippen molar-refractivity contribution in [3.63, 3.8) is 0 Å². The van der Waals surface area contributed by atoms with Crippen LogP contribution in [0.25, 0.3) is 0 Å². The van der Waals surface area contributed by atoms with E-state index in [-0.39, 0.29) is 5.91 Å². The Morgan fingerprint density at radius 2 is 1.54 bits per heavy atom. The number of aromatic nitrogens is 2. The van der Waals surface area contributed by atoms with Crippen molar-refractivity contribution in [1.29, 1.82) is 0 Å². The van der Waals surface area contributed by atoms with E-state index in [1.165, 1.54) is 0 Å². The van der Waals surface area contributed by atoms with Crippen LogP contribution in [0.1, 0.15) is 21.1 Å². The number of rotatable bonds is 4. The summed E-state index contributed by atoms with van der Waals surface area (Å²) >= 11 is 1.68. The predicted octanol–water partition coefficient (Wildman–Crippen LogP) is 3.11. The molecule has 2 aromatic rings. The van der Waals surface area contributed by atoms with Crippen molar-refractivity contribution in [3.05, 3.63) is 40.0 Å². The van der Waals surface area contributed by atoms with Crippen LogP contribution in [0.3, 0.4) is 0 Å². The summed E-state index contributed by atoms with van der Waals surface area (Å²) < 4.78 is 63.5. The quantitative estimate of drug-likeness (QED) is 0.483. The highest BCUT2D eigenvalue weighted by Gasteiger charge is 2.38. The number of carbonyl (C=O) groups excluding carboxylic acids is 1. The number of carboxylic acids is 2. The molecule has 0 aromatic carbocycles. The molecule has 0 unspecified atom stereocenters. The van der Waals surface area contributed by atoms with Gasteiger partial charge in [0.2, 0.25) is 0 Å². The lowest BCUT2D eigenvalue weighted by molar-refractivity contribution is -0.193. The SMILES string of the molecule is CNc1cc(C(=O)N2CCN(Cc3csc(C)n3)CC2)ccn1.O=C(O)C(F)(F)F.O=C(O)C(F)(F)F. The van der Waals surface area contributed by atoms with Crippen LogP contribution in [-0.4, -0.2) is 93.4 Å². The fourth-order valence-corrected chi connectivity index (χ4v) is 3.31. The van der Waals surface area contributed by atoms with Gasteiger partial charge in [0.05, 0.1) is 10.7 Å².